The molecule has 2 N–H and O–H groups in total. The highest BCUT2D eigenvalue weighted by Gasteiger charge is 2.32. The number of H-pyrrole nitrogens is 1. The number of halogens is 1. The molecule has 1 heterocycles. The van der Waals surface area contributed by atoms with E-state index in [1.54, 1.807) is 12.3 Å². The van der Waals surface area contributed by atoms with Gasteiger partial charge in [-0.2, -0.15) is 0 Å². The molecule has 2 aromatic rings. The third-order valence-corrected chi connectivity index (χ3v) is 3.84. The zero-order chi connectivity index (χ0) is 17.4. The molecule has 1 aromatic carbocycles. The van der Waals surface area contributed by atoms with Gasteiger partial charge in [0.25, 0.3) is 0 Å². The second-order valence-corrected chi connectivity index (χ2v) is 8.24. The Morgan fingerprint density at radius 2 is 1.87 bits per heavy atom. The van der Waals surface area contributed by atoms with Crippen molar-refractivity contribution in [3.8, 4) is 0 Å². The third kappa shape index (κ3) is 4.20. The number of hydrogen-bond acceptors (Lipinski definition) is 2. The van der Waals surface area contributed by atoms with E-state index in [0.29, 0.717) is 11.9 Å². The molecule has 0 saturated carbocycles. The fourth-order valence-corrected chi connectivity index (χ4v) is 2.82. The Balaban J connectivity index is 2.36. The van der Waals surface area contributed by atoms with Crippen LogP contribution >= 0.6 is 0 Å². The van der Waals surface area contributed by atoms with E-state index in [2.05, 4.69) is 10.3 Å². The van der Waals surface area contributed by atoms with Crippen LogP contribution in [0.25, 0.3) is 10.9 Å². The van der Waals surface area contributed by atoms with E-state index >= 15 is 0 Å². The van der Waals surface area contributed by atoms with Crippen molar-refractivity contribution in [3.63, 3.8) is 0 Å². The average Bonchev–Trinajstić information content (AvgIpc) is 2.79. The lowest BCUT2D eigenvalue weighted by atomic mass is 9.83. The van der Waals surface area contributed by atoms with Gasteiger partial charge in [-0.05, 0) is 38.8 Å². The predicted octanol–water partition coefficient (Wildman–Crippen LogP) is 4.22. The molecule has 0 aliphatic rings. The Kier molecular flexibility index (Phi) is 4.67. The molecule has 1 atom stereocenters. The van der Waals surface area contributed by atoms with E-state index in [1.807, 2.05) is 47.6 Å². The number of fused-ring (bicyclic) bond motifs is 1. The second-order valence-electron chi connectivity index (χ2n) is 8.24. The first-order chi connectivity index (χ1) is 10.5. The zero-order valence-corrected chi connectivity index (χ0v) is 14.9. The number of aromatic amines is 1. The first kappa shape index (κ1) is 17.7. The number of carbonyl (C=O) groups is 1. The van der Waals surface area contributed by atoms with Crippen LogP contribution in [-0.2, 0) is 11.2 Å². The minimum atomic E-state index is -0.430. The molecule has 3 nitrogen and oxygen atoms in total. The maximum atomic E-state index is 13.8. The molecule has 0 amide bonds. The molecule has 0 radical (unpaired) electrons. The summed E-state index contributed by atoms with van der Waals surface area (Å²) in [5, 5.41) is 4.26. The van der Waals surface area contributed by atoms with Crippen LogP contribution in [-0.4, -0.2) is 22.3 Å². The molecule has 4 heteroatoms. The smallest absolute Gasteiger partial charge is 0.155 e. The third-order valence-electron chi connectivity index (χ3n) is 3.84. The number of nitrogens with one attached hydrogen (secondary N) is 2. The van der Waals surface area contributed by atoms with Gasteiger partial charge in [-0.3, -0.25) is 4.79 Å². The first-order valence-corrected chi connectivity index (χ1v) is 8.05. The summed E-state index contributed by atoms with van der Waals surface area (Å²) in [5.74, 6) is -0.102. The van der Waals surface area contributed by atoms with Crippen molar-refractivity contribution in [3.05, 3.63) is 35.8 Å². The lowest BCUT2D eigenvalue weighted by molar-refractivity contribution is -0.128. The summed E-state index contributed by atoms with van der Waals surface area (Å²) < 4.78 is 13.8. The lowest BCUT2D eigenvalue weighted by Crippen LogP contribution is -2.51. The van der Waals surface area contributed by atoms with Gasteiger partial charge >= 0.3 is 0 Å². The number of ketones is 1. The highest BCUT2D eigenvalue weighted by Crippen LogP contribution is 2.25. The number of hydrogen-bond donors (Lipinski definition) is 2. The van der Waals surface area contributed by atoms with Crippen LogP contribution in [0.15, 0.2) is 24.4 Å². The van der Waals surface area contributed by atoms with E-state index in [-0.39, 0.29) is 23.2 Å². The number of carbonyl (C=O) groups excluding carboxylic acids is 1. The molecule has 1 aromatic heterocycles. The summed E-state index contributed by atoms with van der Waals surface area (Å²) >= 11 is 0. The van der Waals surface area contributed by atoms with Gasteiger partial charge in [-0.25, -0.2) is 4.39 Å². The molecule has 126 valence electrons. The van der Waals surface area contributed by atoms with Gasteiger partial charge in [0.05, 0.1) is 11.6 Å². The van der Waals surface area contributed by atoms with Gasteiger partial charge < -0.3 is 10.3 Å². The quantitative estimate of drug-likeness (QED) is 0.886. The highest BCUT2D eigenvalue weighted by molar-refractivity contribution is 5.90. The standard InChI is InChI=1S/C19H27FN2O/c1-18(2,3)17(23)15(22-19(4,5)6)10-12-11-21-16-13(12)8-7-9-14(16)20/h7-9,11,15,21-22H,10H2,1-6H3/t15-/m0/s1. The van der Waals surface area contributed by atoms with Crippen molar-refractivity contribution >= 4 is 16.7 Å². The number of para-hydroxylation sites is 1. The Bertz CT molecular complexity index is 704. The largest absolute Gasteiger partial charge is 0.359 e. The maximum Gasteiger partial charge on any atom is 0.155 e. The highest BCUT2D eigenvalue weighted by atomic mass is 19.1. The summed E-state index contributed by atoms with van der Waals surface area (Å²) in [4.78, 5) is 15.8. The van der Waals surface area contributed by atoms with Crippen molar-refractivity contribution in [1.82, 2.24) is 10.3 Å². The van der Waals surface area contributed by atoms with Crippen molar-refractivity contribution in [2.24, 2.45) is 5.41 Å². The average molecular weight is 318 g/mol. The molecule has 0 fully saturated rings. The summed E-state index contributed by atoms with van der Waals surface area (Å²) in [6, 6.07) is 4.72. The van der Waals surface area contributed by atoms with Crippen LogP contribution < -0.4 is 5.32 Å². The van der Waals surface area contributed by atoms with Gasteiger partial charge in [0.1, 0.15) is 5.82 Å². The topological polar surface area (TPSA) is 44.9 Å². The fraction of sp³-hybridized carbons (Fsp3) is 0.526. The molecule has 0 unspecified atom stereocenters. The fourth-order valence-electron chi connectivity index (χ4n) is 2.82. The zero-order valence-electron chi connectivity index (χ0n) is 14.9. The summed E-state index contributed by atoms with van der Waals surface area (Å²) in [6.07, 6.45) is 2.35. The molecule has 2 rings (SSSR count). The molecule has 0 bridgehead atoms. The van der Waals surface area contributed by atoms with E-state index in [1.165, 1.54) is 6.07 Å². The van der Waals surface area contributed by atoms with Crippen molar-refractivity contribution in [2.45, 2.75) is 59.5 Å². The van der Waals surface area contributed by atoms with E-state index in [9.17, 15) is 9.18 Å². The molecule has 0 spiro atoms. The number of benzene rings is 1. The Labute approximate surface area is 137 Å². The van der Waals surface area contributed by atoms with Crippen LogP contribution in [0.1, 0.15) is 47.1 Å². The van der Waals surface area contributed by atoms with Crippen LogP contribution in [0.4, 0.5) is 4.39 Å². The normalized spacial score (nSPS) is 14.2. The maximum absolute atomic E-state index is 13.8. The van der Waals surface area contributed by atoms with Crippen molar-refractivity contribution < 1.29 is 9.18 Å². The predicted molar refractivity (Wildman–Crippen MR) is 93.1 cm³/mol. The Morgan fingerprint density at radius 1 is 1.22 bits per heavy atom. The molecule has 0 aliphatic heterocycles. The molecular formula is C19H27FN2O. The van der Waals surface area contributed by atoms with Gasteiger partial charge in [-0.15, -0.1) is 0 Å². The Morgan fingerprint density at radius 3 is 2.43 bits per heavy atom. The number of rotatable bonds is 4. The molecular weight excluding hydrogens is 291 g/mol. The van der Waals surface area contributed by atoms with Crippen LogP contribution in [0.2, 0.25) is 0 Å². The number of aromatic nitrogens is 1. The van der Waals surface area contributed by atoms with E-state index in [0.717, 1.165) is 10.9 Å². The monoisotopic (exact) mass is 318 g/mol. The summed E-state index contributed by atoms with van der Waals surface area (Å²) in [5.41, 5.74) is 0.850. The van der Waals surface area contributed by atoms with Crippen LogP contribution in [0.3, 0.4) is 0 Å². The molecule has 0 aliphatic carbocycles. The lowest BCUT2D eigenvalue weighted by Gasteiger charge is -2.31. The van der Waals surface area contributed by atoms with Gasteiger partial charge in [0.2, 0.25) is 0 Å². The SMILES string of the molecule is CC(C)(C)N[C@@H](Cc1c[nH]c2c(F)cccc12)C(=O)C(C)(C)C. The van der Waals surface area contributed by atoms with Crippen LogP contribution in [0.5, 0.6) is 0 Å². The molecule has 0 saturated heterocycles. The Hall–Kier alpha value is -1.68. The molecule has 23 heavy (non-hydrogen) atoms. The second kappa shape index (κ2) is 6.08. The van der Waals surface area contributed by atoms with Gasteiger partial charge in [-0.1, -0.05) is 32.9 Å². The van der Waals surface area contributed by atoms with Gasteiger partial charge in [0.15, 0.2) is 5.78 Å². The van der Waals surface area contributed by atoms with E-state index in [4.69, 9.17) is 0 Å². The van der Waals surface area contributed by atoms with Crippen LogP contribution in [0, 0.1) is 11.2 Å². The number of Topliss-reactive ketones (excluding diaryl/α,β-unsaturated/α-hetero) is 1. The van der Waals surface area contributed by atoms with Crippen molar-refractivity contribution in [1.29, 1.82) is 0 Å². The van der Waals surface area contributed by atoms with Crippen molar-refractivity contribution in [2.75, 3.05) is 0 Å². The summed E-state index contributed by atoms with van der Waals surface area (Å²) in [7, 11) is 0. The summed E-state index contributed by atoms with van der Waals surface area (Å²) in [6.45, 7) is 11.9. The first-order valence-electron chi connectivity index (χ1n) is 8.05. The minimum Gasteiger partial charge on any atom is -0.359 e. The van der Waals surface area contributed by atoms with Gasteiger partial charge in [0, 0.05) is 22.5 Å². The van der Waals surface area contributed by atoms with E-state index < -0.39 is 5.41 Å². The minimum absolute atomic E-state index is 0.165.